The molecule has 1 heterocycles. The van der Waals surface area contributed by atoms with E-state index in [4.69, 9.17) is 10.00 Å². The number of esters is 1. The molecule has 0 saturated carbocycles. The molecule has 1 fully saturated rings. The predicted molar refractivity (Wildman–Crippen MR) is 42.2 cm³/mol. The predicted octanol–water partition coefficient (Wildman–Crippen LogP) is 0.195. The fraction of sp³-hybridized carbons (Fsp3) is 0.750. The topological polar surface area (TPSA) is 62.1 Å². The number of nitrogens with one attached hydrogen (secondary N) is 1. The molecule has 1 aliphatic heterocycles. The van der Waals surface area contributed by atoms with Crippen molar-refractivity contribution in [2.24, 2.45) is 0 Å². The molecule has 4 heteroatoms. The minimum atomic E-state index is -0.399. The van der Waals surface area contributed by atoms with Crippen molar-refractivity contribution in [1.29, 1.82) is 5.26 Å². The Bertz CT molecular complexity index is 192. The van der Waals surface area contributed by atoms with Gasteiger partial charge in [-0.25, -0.2) is 0 Å². The largest absolute Gasteiger partial charge is 0.462 e. The minimum absolute atomic E-state index is 0.0205. The molecule has 0 unspecified atom stereocenters. The molecule has 1 saturated heterocycles. The van der Waals surface area contributed by atoms with Gasteiger partial charge in [0.1, 0.15) is 12.5 Å². The third kappa shape index (κ3) is 2.89. The molecule has 0 aliphatic carbocycles. The summed E-state index contributed by atoms with van der Waals surface area (Å²) >= 11 is 0. The van der Waals surface area contributed by atoms with Gasteiger partial charge in [0, 0.05) is 0 Å². The summed E-state index contributed by atoms with van der Waals surface area (Å²) in [6, 6.07) is 1.77. The number of hydrogen-bond donors (Lipinski definition) is 1. The Labute approximate surface area is 71.5 Å². The maximum Gasteiger partial charge on any atom is 0.320 e. The first-order chi connectivity index (χ1) is 5.83. The van der Waals surface area contributed by atoms with Crippen LogP contribution in [0.15, 0.2) is 0 Å². The maximum atomic E-state index is 10.8. The molecule has 0 radical (unpaired) electrons. The average molecular weight is 168 g/mol. The van der Waals surface area contributed by atoms with Crippen LogP contribution in [0.5, 0.6) is 0 Å². The standard InChI is InChI=1S/C8H12N2O2/c9-4-1-8(11)12-7-2-5-10-6-3-7/h7,10H,1-3,5-6H2. The van der Waals surface area contributed by atoms with Crippen LogP contribution in [-0.4, -0.2) is 25.2 Å². The number of hydrogen-bond acceptors (Lipinski definition) is 4. The summed E-state index contributed by atoms with van der Waals surface area (Å²) in [7, 11) is 0. The van der Waals surface area contributed by atoms with Crippen LogP contribution >= 0.6 is 0 Å². The van der Waals surface area contributed by atoms with Crippen molar-refractivity contribution in [3.63, 3.8) is 0 Å². The van der Waals surface area contributed by atoms with E-state index in [9.17, 15) is 4.79 Å². The van der Waals surface area contributed by atoms with Crippen molar-refractivity contribution in [3.05, 3.63) is 0 Å². The Kier molecular flexibility index (Phi) is 3.55. The zero-order chi connectivity index (χ0) is 8.81. The Hall–Kier alpha value is -1.08. The van der Waals surface area contributed by atoms with Gasteiger partial charge in [-0.2, -0.15) is 5.26 Å². The van der Waals surface area contributed by atoms with E-state index in [0.717, 1.165) is 25.9 Å². The normalized spacial score (nSPS) is 18.2. The van der Waals surface area contributed by atoms with Crippen LogP contribution in [0.4, 0.5) is 0 Å². The number of rotatable bonds is 2. The van der Waals surface area contributed by atoms with Crippen molar-refractivity contribution >= 4 is 5.97 Å². The van der Waals surface area contributed by atoms with Crippen LogP contribution in [0.3, 0.4) is 0 Å². The second-order valence-electron chi connectivity index (χ2n) is 2.77. The van der Waals surface area contributed by atoms with Gasteiger partial charge in [0.2, 0.25) is 0 Å². The van der Waals surface area contributed by atoms with Crippen molar-refractivity contribution < 1.29 is 9.53 Å². The van der Waals surface area contributed by atoms with E-state index in [1.807, 2.05) is 0 Å². The molecule has 1 aliphatic rings. The van der Waals surface area contributed by atoms with Gasteiger partial charge in [0.25, 0.3) is 0 Å². The van der Waals surface area contributed by atoms with Crippen LogP contribution in [0, 0.1) is 11.3 Å². The van der Waals surface area contributed by atoms with E-state index >= 15 is 0 Å². The number of ether oxygens (including phenoxy) is 1. The smallest absolute Gasteiger partial charge is 0.320 e. The van der Waals surface area contributed by atoms with E-state index < -0.39 is 5.97 Å². The van der Waals surface area contributed by atoms with Gasteiger partial charge in [-0.05, 0) is 25.9 Å². The monoisotopic (exact) mass is 168 g/mol. The average Bonchev–Trinajstić information content (AvgIpc) is 2.06. The van der Waals surface area contributed by atoms with Gasteiger partial charge >= 0.3 is 5.97 Å². The molecular weight excluding hydrogens is 156 g/mol. The summed E-state index contributed by atoms with van der Waals surface area (Å²) in [5, 5.41) is 11.4. The fourth-order valence-corrected chi connectivity index (χ4v) is 1.21. The second-order valence-corrected chi connectivity index (χ2v) is 2.77. The minimum Gasteiger partial charge on any atom is -0.462 e. The molecular formula is C8H12N2O2. The number of carbonyl (C=O) groups excluding carboxylic acids is 1. The Morgan fingerprint density at radius 3 is 2.83 bits per heavy atom. The van der Waals surface area contributed by atoms with Crippen LogP contribution in [0.2, 0.25) is 0 Å². The molecule has 4 nitrogen and oxygen atoms in total. The molecule has 0 aromatic heterocycles. The highest BCUT2D eigenvalue weighted by Gasteiger charge is 2.16. The molecule has 1 N–H and O–H groups in total. The maximum absolute atomic E-state index is 10.8. The van der Waals surface area contributed by atoms with Gasteiger partial charge in [-0.15, -0.1) is 0 Å². The van der Waals surface area contributed by atoms with E-state index in [1.54, 1.807) is 6.07 Å². The lowest BCUT2D eigenvalue weighted by Gasteiger charge is -2.22. The van der Waals surface area contributed by atoms with Gasteiger partial charge in [-0.1, -0.05) is 0 Å². The van der Waals surface area contributed by atoms with Crippen molar-refractivity contribution in [1.82, 2.24) is 5.32 Å². The van der Waals surface area contributed by atoms with E-state index in [2.05, 4.69) is 5.32 Å². The quantitative estimate of drug-likeness (QED) is 0.598. The highest BCUT2D eigenvalue weighted by atomic mass is 16.5. The highest BCUT2D eigenvalue weighted by Crippen LogP contribution is 2.07. The van der Waals surface area contributed by atoms with Crippen LogP contribution in [0.1, 0.15) is 19.3 Å². The van der Waals surface area contributed by atoms with Gasteiger partial charge in [-0.3, -0.25) is 4.79 Å². The number of nitrogens with zero attached hydrogens (tertiary/aromatic N) is 1. The molecule has 12 heavy (non-hydrogen) atoms. The first-order valence-electron chi connectivity index (χ1n) is 4.10. The Morgan fingerprint density at radius 2 is 2.25 bits per heavy atom. The van der Waals surface area contributed by atoms with E-state index in [-0.39, 0.29) is 12.5 Å². The lowest BCUT2D eigenvalue weighted by Crippen LogP contribution is -2.33. The summed E-state index contributed by atoms with van der Waals surface area (Å²) in [6.07, 6.45) is 1.60. The van der Waals surface area contributed by atoms with E-state index in [0.29, 0.717) is 0 Å². The van der Waals surface area contributed by atoms with Crippen molar-refractivity contribution in [2.75, 3.05) is 13.1 Å². The lowest BCUT2D eigenvalue weighted by atomic mass is 10.1. The van der Waals surface area contributed by atoms with Crippen LogP contribution in [0.25, 0.3) is 0 Å². The van der Waals surface area contributed by atoms with E-state index in [1.165, 1.54) is 0 Å². The zero-order valence-electron chi connectivity index (χ0n) is 6.88. The third-order valence-corrected chi connectivity index (χ3v) is 1.81. The SMILES string of the molecule is N#CCC(=O)OC1CCNCC1. The molecule has 0 aromatic rings. The summed E-state index contributed by atoms with van der Waals surface area (Å²) in [5.74, 6) is -0.399. The Balaban J connectivity index is 2.21. The molecule has 1 rings (SSSR count). The molecule has 0 bridgehead atoms. The zero-order valence-corrected chi connectivity index (χ0v) is 6.88. The molecule has 0 spiro atoms. The highest BCUT2D eigenvalue weighted by molar-refractivity contribution is 5.71. The van der Waals surface area contributed by atoms with Crippen molar-refractivity contribution in [2.45, 2.75) is 25.4 Å². The van der Waals surface area contributed by atoms with Crippen molar-refractivity contribution in [3.8, 4) is 6.07 Å². The number of piperidine rings is 1. The summed E-state index contributed by atoms with van der Waals surface area (Å²) in [5.41, 5.74) is 0. The summed E-state index contributed by atoms with van der Waals surface area (Å²) in [6.45, 7) is 1.79. The summed E-state index contributed by atoms with van der Waals surface area (Å²) < 4.78 is 5.03. The summed E-state index contributed by atoms with van der Waals surface area (Å²) in [4.78, 5) is 10.8. The molecule has 0 atom stereocenters. The Morgan fingerprint density at radius 1 is 1.58 bits per heavy atom. The second kappa shape index (κ2) is 4.73. The molecule has 0 aromatic carbocycles. The number of carbonyl (C=O) groups is 1. The molecule has 66 valence electrons. The first kappa shape index (κ1) is 9.01. The lowest BCUT2D eigenvalue weighted by molar-refractivity contribution is -0.148. The third-order valence-electron chi connectivity index (χ3n) is 1.81. The van der Waals surface area contributed by atoms with Gasteiger partial charge in [0.15, 0.2) is 0 Å². The van der Waals surface area contributed by atoms with Gasteiger partial charge < -0.3 is 10.1 Å². The van der Waals surface area contributed by atoms with Crippen LogP contribution in [-0.2, 0) is 9.53 Å². The fourth-order valence-electron chi connectivity index (χ4n) is 1.21. The number of nitriles is 1. The molecule has 0 amide bonds. The van der Waals surface area contributed by atoms with Crippen LogP contribution < -0.4 is 5.32 Å². The van der Waals surface area contributed by atoms with Gasteiger partial charge in [0.05, 0.1) is 6.07 Å². The first-order valence-corrected chi connectivity index (χ1v) is 4.10.